The lowest BCUT2D eigenvalue weighted by Gasteiger charge is -2.22. The highest BCUT2D eigenvalue weighted by Gasteiger charge is 2.24. The first-order valence-electron chi connectivity index (χ1n) is 8.08. The molecule has 0 radical (unpaired) electrons. The van der Waals surface area contributed by atoms with Gasteiger partial charge in [-0.25, -0.2) is 0 Å². The third kappa shape index (κ3) is 3.37. The molecular weight excluding hydrogens is 292 g/mol. The van der Waals surface area contributed by atoms with Crippen molar-refractivity contribution in [1.29, 1.82) is 0 Å². The fourth-order valence-corrected chi connectivity index (χ4v) is 3.21. The summed E-state index contributed by atoms with van der Waals surface area (Å²) < 4.78 is 0. The van der Waals surface area contributed by atoms with Gasteiger partial charge in [-0.3, -0.25) is 14.5 Å². The summed E-state index contributed by atoms with van der Waals surface area (Å²) in [5.74, 6) is -1.21. The number of nitrogens with one attached hydrogen (secondary N) is 3. The van der Waals surface area contributed by atoms with Gasteiger partial charge < -0.3 is 15.6 Å². The number of benzene rings is 1. The van der Waals surface area contributed by atoms with Crippen LogP contribution in [0.5, 0.6) is 0 Å². The van der Waals surface area contributed by atoms with E-state index < -0.39 is 11.8 Å². The van der Waals surface area contributed by atoms with Crippen LogP contribution >= 0.6 is 0 Å². The molecule has 0 unspecified atom stereocenters. The van der Waals surface area contributed by atoms with Crippen LogP contribution in [0.1, 0.15) is 19.8 Å². The Hall–Kier alpha value is -2.34. The predicted molar refractivity (Wildman–Crippen MR) is 90.2 cm³/mol. The summed E-state index contributed by atoms with van der Waals surface area (Å²) in [5, 5.41) is 6.33. The molecule has 122 valence electrons. The molecule has 1 aliphatic heterocycles. The number of likely N-dealkylation sites (tertiary alicyclic amines) is 1. The SMILES string of the molecule is CCN1CCC[C@H]1CNC(=O)C(=O)Nc1cccc2[nH]ccc12. The average Bonchev–Trinajstić information content (AvgIpc) is 3.21. The normalized spacial score (nSPS) is 18.2. The molecule has 1 fully saturated rings. The summed E-state index contributed by atoms with van der Waals surface area (Å²) in [4.78, 5) is 29.5. The van der Waals surface area contributed by atoms with Crippen molar-refractivity contribution in [1.82, 2.24) is 15.2 Å². The minimum atomic E-state index is -0.625. The molecule has 2 aromatic rings. The van der Waals surface area contributed by atoms with Gasteiger partial charge in [0.2, 0.25) is 0 Å². The van der Waals surface area contributed by atoms with Crippen molar-refractivity contribution in [3.8, 4) is 0 Å². The summed E-state index contributed by atoms with van der Waals surface area (Å²) in [6.07, 6.45) is 4.02. The number of amides is 2. The fraction of sp³-hybridized carbons (Fsp3) is 0.412. The zero-order valence-corrected chi connectivity index (χ0v) is 13.3. The van der Waals surface area contributed by atoms with Crippen LogP contribution in [0, 0.1) is 0 Å². The maximum absolute atomic E-state index is 12.1. The maximum atomic E-state index is 12.1. The van der Waals surface area contributed by atoms with Crippen LogP contribution in [-0.2, 0) is 9.59 Å². The minimum Gasteiger partial charge on any atom is -0.361 e. The summed E-state index contributed by atoms with van der Waals surface area (Å²) in [6.45, 7) is 4.68. The highest BCUT2D eigenvalue weighted by Crippen LogP contribution is 2.22. The quantitative estimate of drug-likeness (QED) is 0.752. The number of fused-ring (bicyclic) bond motifs is 1. The standard InChI is InChI=1S/C17H22N4O2/c1-2-21-10-4-5-12(21)11-19-16(22)17(23)20-15-7-3-6-14-13(15)8-9-18-14/h3,6-9,12,18H,2,4-5,10-11H2,1H3,(H,19,22)(H,20,23)/t12-/m0/s1. The first-order valence-corrected chi connectivity index (χ1v) is 8.08. The van der Waals surface area contributed by atoms with E-state index in [0.717, 1.165) is 36.8 Å². The number of hydrogen-bond donors (Lipinski definition) is 3. The lowest BCUT2D eigenvalue weighted by molar-refractivity contribution is -0.136. The molecule has 3 N–H and O–H groups in total. The molecule has 3 rings (SSSR count). The van der Waals surface area contributed by atoms with Crippen molar-refractivity contribution in [2.24, 2.45) is 0 Å². The number of nitrogens with zero attached hydrogens (tertiary/aromatic N) is 1. The van der Waals surface area contributed by atoms with E-state index in [-0.39, 0.29) is 0 Å². The Morgan fingerprint density at radius 1 is 1.30 bits per heavy atom. The van der Waals surface area contributed by atoms with E-state index in [9.17, 15) is 9.59 Å². The zero-order valence-electron chi connectivity index (χ0n) is 13.3. The summed E-state index contributed by atoms with van der Waals surface area (Å²) in [7, 11) is 0. The van der Waals surface area contributed by atoms with E-state index in [0.29, 0.717) is 18.3 Å². The molecule has 2 amide bonds. The zero-order chi connectivity index (χ0) is 16.2. The van der Waals surface area contributed by atoms with Crippen LogP contribution in [0.15, 0.2) is 30.5 Å². The van der Waals surface area contributed by atoms with Crippen molar-refractivity contribution in [3.63, 3.8) is 0 Å². The van der Waals surface area contributed by atoms with Crippen molar-refractivity contribution in [2.45, 2.75) is 25.8 Å². The molecular formula is C17H22N4O2. The van der Waals surface area contributed by atoms with Gasteiger partial charge in [-0.05, 0) is 44.1 Å². The average molecular weight is 314 g/mol. The van der Waals surface area contributed by atoms with E-state index in [4.69, 9.17) is 0 Å². The highest BCUT2D eigenvalue weighted by molar-refractivity contribution is 6.40. The summed E-state index contributed by atoms with van der Waals surface area (Å²) in [5.41, 5.74) is 1.56. The molecule has 1 aromatic carbocycles. The molecule has 23 heavy (non-hydrogen) atoms. The number of aromatic nitrogens is 1. The lowest BCUT2D eigenvalue weighted by Crippen LogP contribution is -2.43. The van der Waals surface area contributed by atoms with Gasteiger partial charge in [0.15, 0.2) is 0 Å². The number of carbonyl (C=O) groups excluding carboxylic acids is 2. The van der Waals surface area contributed by atoms with Gasteiger partial charge in [0.25, 0.3) is 0 Å². The molecule has 0 saturated carbocycles. The molecule has 0 aliphatic carbocycles. The van der Waals surface area contributed by atoms with Crippen LogP contribution in [-0.4, -0.2) is 47.4 Å². The van der Waals surface area contributed by atoms with Crippen LogP contribution < -0.4 is 10.6 Å². The number of rotatable bonds is 4. The maximum Gasteiger partial charge on any atom is 0.313 e. The minimum absolute atomic E-state index is 0.338. The smallest absolute Gasteiger partial charge is 0.313 e. The van der Waals surface area contributed by atoms with Gasteiger partial charge in [-0.15, -0.1) is 0 Å². The Labute approximate surface area is 135 Å². The van der Waals surface area contributed by atoms with Gasteiger partial charge in [0.05, 0.1) is 5.69 Å². The topological polar surface area (TPSA) is 77.2 Å². The van der Waals surface area contributed by atoms with Gasteiger partial charge in [-0.1, -0.05) is 13.0 Å². The molecule has 1 atom stereocenters. The van der Waals surface area contributed by atoms with Gasteiger partial charge >= 0.3 is 11.8 Å². The van der Waals surface area contributed by atoms with Crippen LogP contribution in [0.25, 0.3) is 10.9 Å². The molecule has 1 aromatic heterocycles. The Kier molecular flexibility index (Phi) is 4.62. The monoisotopic (exact) mass is 314 g/mol. The van der Waals surface area contributed by atoms with Gasteiger partial charge in [0, 0.05) is 29.7 Å². The van der Waals surface area contributed by atoms with Crippen molar-refractivity contribution < 1.29 is 9.59 Å². The molecule has 1 aliphatic rings. The number of anilines is 1. The molecule has 1 saturated heterocycles. The van der Waals surface area contributed by atoms with Crippen LogP contribution in [0.3, 0.4) is 0 Å². The second kappa shape index (κ2) is 6.83. The van der Waals surface area contributed by atoms with Crippen molar-refractivity contribution in [2.75, 3.05) is 25.0 Å². The highest BCUT2D eigenvalue weighted by atomic mass is 16.2. The number of hydrogen-bond acceptors (Lipinski definition) is 3. The largest absolute Gasteiger partial charge is 0.361 e. The second-order valence-corrected chi connectivity index (χ2v) is 5.83. The Balaban J connectivity index is 1.57. The van der Waals surface area contributed by atoms with E-state index in [1.54, 1.807) is 12.3 Å². The van der Waals surface area contributed by atoms with Crippen LogP contribution in [0.4, 0.5) is 5.69 Å². The summed E-state index contributed by atoms with van der Waals surface area (Å²) >= 11 is 0. The third-order valence-electron chi connectivity index (χ3n) is 4.45. The van der Waals surface area contributed by atoms with Crippen LogP contribution in [0.2, 0.25) is 0 Å². The van der Waals surface area contributed by atoms with E-state index >= 15 is 0 Å². The number of aromatic amines is 1. The van der Waals surface area contributed by atoms with Crippen molar-refractivity contribution >= 4 is 28.4 Å². The predicted octanol–water partition coefficient (Wildman–Crippen LogP) is 1.71. The Morgan fingerprint density at radius 3 is 3.00 bits per heavy atom. The lowest BCUT2D eigenvalue weighted by atomic mass is 10.2. The number of likely N-dealkylation sites (N-methyl/N-ethyl adjacent to an activating group) is 1. The van der Waals surface area contributed by atoms with Crippen molar-refractivity contribution in [3.05, 3.63) is 30.5 Å². The molecule has 0 spiro atoms. The van der Waals surface area contributed by atoms with E-state index in [2.05, 4.69) is 27.4 Å². The van der Waals surface area contributed by atoms with E-state index in [1.165, 1.54) is 0 Å². The molecule has 6 nitrogen and oxygen atoms in total. The molecule has 2 heterocycles. The first kappa shape index (κ1) is 15.6. The second-order valence-electron chi connectivity index (χ2n) is 5.83. The van der Waals surface area contributed by atoms with Gasteiger partial charge in [0.1, 0.15) is 0 Å². The first-order chi connectivity index (χ1) is 11.2. The number of H-pyrrole nitrogens is 1. The molecule has 0 bridgehead atoms. The summed E-state index contributed by atoms with van der Waals surface area (Å²) in [6, 6.07) is 7.76. The van der Waals surface area contributed by atoms with Gasteiger partial charge in [-0.2, -0.15) is 0 Å². The third-order valence-corrected chi connectivity index (χ3v) is 4.45. The van der Waals surface area contributed by atoms with E-state index in [1.807, 2.05) is 18.2 Å². The Bertz CT molecular complexity index is 709. The molecule has 6 heteroatoms. The Morgan fingerprint density at radius 2 is 2.17 bits per heavy atom. The fourth-order valence-electron chi connectivity index (χ4n) is 3.21. The number of carbonyl (C=O) groups is 2.